The molecule has 1 aromatic carbocycles. The van der Waals surface area contributed by atoms with Crippen LogP contribution in [0.15, 0.2) is 18.2 Å². The third-order valence-electron chi connectivity index (χ3n) is 3.48. The van der Waals surface area contributed by atoms with Crippen LogP contribution in [0.2, 0.25) is 5.02 Å². The van der Waals surface area contributed by atoms with Crippen LogP contribution < -0.4 is 5.32 Å². The summed E-state index contributed by atoms with van der Waals surface area (Å²) in [6, 6.07) is 5.78. The number of aromatic hydroxyl groups is 1. The molecule has 0 radical (unpaired) electrons. The largest absolute Gasteiger partial charge is 0.506 e. The van der Waals surface area contributed by atoms with Crippen LogP contribution in [-0.2, 0) is 6.54 Å². The predicted molar refractivity (Wildman–Crippen MR) is 76.5 cm³/mol. The van der Waals surface area contributed by atoms with Crippen molar-refractivity contribution in [2.45, 2.75) is 25.4 Å². The van der Waals surface area contributed by atoms with E-state index in [-0.39, 0.29) is 12.4 Å². The Labute approximate surface area is 119 Å². The second-order valence-electron chi connectivity index (χ2n) is 5.04. The Morgan fingerprint density at radius 3 is 2.89 bits per heavy atom. The maximum Gasteiger partial charge on any atom is 0.134 e. The lowest BCUT2D eigenvalue weighted by atomic mass is 10.1. The lowest BCUT2D eigenvalue weighted by molar-refractivity contribution is 0.179. The number of phenolic OH excluding ortho intramolecular Hbond substituents is 1. The normalized spacial score (nSPS) is 19.2. The summed E-state index contributed by atoms with van der Waals surface area (Å²) in [4.78, 5) is 2.21. The summed E-state index contributed by atoms with van der Waals surface area (Å²) in [5.74, 6) is 0.108. The molecule has 1 fully saturated rings. The summed E-state index contributed by atoms with van der Waals surface area (Å²) in [6.07, 6.45) is 2.42. The average molecular weight is 285 g/mol. The van der Waals surface area contributed by atoms with Crippen molar-refractivity contribution in [2.75, 3.05) is 26.2 Å². The van der Waals surface area contributed by atoms with Crippen LogP contribution in [0, 0.1) is 0 Å². The zero-order valence-corrected chi connectivity index (χ0v) is 11.7. The fraction of sp³-hybridized carbons (Fsp3) is 0.571. The van der Waals surface area contributed by atoms with Crippen LogP contribution in [0.5, 0.6) is 5.75 Å². The molecule has 106 valence electrons. The highest BCUT2D eigenvalue weighted by molar-refractivity contribution is 6.32. The van der Waals surface area contributed by atoms with Gasteiger partial charge in [-0.1, -0.05) is 17.7 Å². The van der Waals surface area contributed by atoms with Gasteiger partial charge in [0, 0.05) is 25.7 Å². The Morgan fingerprint density at radius 2 is 2.26 bits per heavy atom. The van der Waals surface area contributed by atoms with Crippen LogP contribution >= 0.6 is 11.6 Å². The van der Waals surface area contributed by atoms with Crippen LogP contribution in [0.25, 0.3) is 0 Å². The van der Waals surface area contributed by atoms with Gasteiger partial charge in [0.2, 0.25) is 0 Å². The van der Waals surface area contributed by atoms with E-state index in [0.717, 1.165) is 25.2 Å². The molecule has 1 aliphatic heterocycles. The van der Waals surface area contributed by atoms with E-state index in [1.165, 1.54) is 12.8 Å². The minimum Gasteiger partial charge on any atom is -0.506 e. The zero-order valence-electron chi connectivity index (χ0n) is 11.0. The van der Waals surface area contributed by atoms with E-state index in [0.29, 0.717) is 17.6 Å². The Balaban J connectivity index is 1.96. The first-order chi connectivity index (χ1) is 9.19. The molecule has 0 aromatic heterocycles. The Kier molecular flexibility index (Phi) is 5.45. The van der Waals surface area contributed by atoms with E-state index >= 15 is 0 Å². The molecule has 0 bridgehead atoms. The molecule has 1 atom stereocenters. The Bertz CT molecular complexity index is 408. The van der Waals surface area contributed by atoms with Crippen molar-refractivity contribution in [1.29, 1.82) is 0 Å². The molecular weight excluding hydrogens is 264 g/mol. The van der Waals surface area contributed by atoms with Gasteiger partial charge in [-0.15, -0.1) is 0 Å². The molecule has 1 aromatic rings. The molecule has 1 aliphatic rings. The maximum atomic E-state index is 9.42. The molecule has 19 heavy (non-hydrogen) atoms. The molecule has 3 N–H and O–H groups in total. The first-order valence-corrected chi connectivity index (χ1v) is 7.11. The van der Waals surface area contributed by atoms with Crippen molar-refractivity contribution in [1.82, 2.24) is 10.2 Å². The van der Waals surface area contributed by atoms with Crippen molar-refractivity contribution in [3.8, 4) is 5.75 Å². The molecule has 1 saturated heterocycles. The van der Waals surface area contributed by atoms with Crippen molar-refractivity contribution in [3.05, 3.63) is 28.8 Å². The molecule has 0 spiro atoms. The van der Waals surface area contributed by atoms with E-state index in [2.05, 4.69) is 10.2 Å². The van der Waals surface area contributed by atoms with E-state index in [9.17, 15) is 5.11 Å². The highest BCUT2D eigenvalue weighted by atomic mass is 35.5. The maximum absolute atomic E-state index is 9.42. The highest BCUT2D eigenvalue weighted by Crippen LogP contribution is 2.24. The van der Waals surface area contributed by atoms with E-state index in [1.54, 1.807) is 12.1 Å². The fourth-order valence-corrected chi connectivity index (χ4v) is 2.71. The standard InChI is InChI=1S/C14H21ClN2O2/c15-13-8-11(3-4-14(13)19)9-17(6-7-18)10-12-2-1-5-16-12/h3-4,8,12,16,18-19H,1-2,5-7,9-10H2. The second-order valence-corrected chi connectivity index (χ2v) is 5.44. The number of halogens is 1. The quantitative estimate of drug-likeness (QED) is 0.743. The SMILES string of the molecule is OCCN(Cc1ccc(O)c(Cl)c1)CC1CCCN1. The van der Waals surface area contributed by atoms with Crippen LogP contribution in [0.1, 0.15) is 18.4 Å². The van der Waals surface area contributed by atoms with Crippen molar-refractivity contribution >= 4 is 11.6 Å². The average Bonchev–Trinajstić information content (AvgIpc) is 2.87. The molecule has 1 unspecified atom stereocenters. The van der Waals surface area contributed by atoms with Gasteiger partial charge in [0.15, 0.2) is 0 Å². The summed E-state index contributed by atoms with van der Waals surface area (Å²) in [5, 5.41) is 22.4. The number of nitrogens with zero attached hydrogens (tertiary/aromatic N) is 1. The number of aliphatic hydroxyl groups excluding tert-OH is 1. The van der Waals surface area contributed by atoms with Crippen LogP contribution in [0.3, 0.4) is 0 Å². The van der Waals surface area contributed by atoms with Gasteiger partial charge in [-0.05, 0) is 37.1 Å². The van der Waals surface area contributed by atoms with Gasteiger partial charge < -0.3 is 15.5 Å². The van der Waals surface area contributed by atoms with Gasteiger partial charge >= 0.3 is 0 Å². The topological polar surface area (TPSA) is 55.7 Å². The summed E-state index contributed by atoms with van der Waals surface area (Å²) < 4.78 is 0. The summed E-state index contributed by atoms with van der Waals surface area (Å²) in [5.41, 5.74) is 1.05. The van der Waals surface area contributed by atoms with Crippen LogP contribution in [-0.4, -0.2) is 47.4 Å². The first kappa shape index (κ1) is 14.6. The number of hydrogen-bond acceptors (Lipinski definition) is 4. The minimum absolute atomic E-state index is 0.108. The van der Waals surface area contributed by atoms with Crippen molar-refractivity contribution in [2.24, 2.45) is 0 Å². The van der Waals surface area contributed by atoms with Gasteiger partial charge in [-0.3, -0.25) is 4.90 Å². The predicted octanol–water partition coefficient (Wildman–Crippen LogP) is 1.59. The van der Waals surface area contributed by atoms with E-state index < -0.39 is 0 Å². The monoisotopic (exact) mass is 284 g/mol. The van der Waals surface area contributed by atoms with Gasteiger partial charge in [-0.25, -0.2) is 0 Å². The van der Waals surface area contributed by atoms with Gasteiger partial charge in [-0.2, -0.15) is 0 Å². The van der Waals surface area contributed by atoms with Crippen molar-refractivity contribution in [3.63, 3.8) is 0 Å². The van der Waals surface area contributed by atoms with Crippen LogP contribution in [0.4, 0.5) is 0 Å². The number of phenols is 1. The summed E-state index contributed by atoms with van der Waals surface area (Å²) in [7, 11) is 0. The fourth-order valence-electron chi connectivity index (χ4n) is 2.51. The lowest BCUT2D eigenvalue weighted by Gasteiger charge is -2.25. The first-order valence-electron chi connectivity index (χ1n) is 6.73. The molecule has 4 nitrogen and oxygen atoms in total. The van der Waals surface area contributed by atoms with E-state index in [4.69, 9.17) is 16.7 Å². The second kappa shape index (κ2) is 7.10. The smallest absolute Gasteiger partial charge is 0.134 e. The van der Waals surface area contributed by atoms with Gasteiger partial charge in [0.1, 0.15) is 5.75 Å². The van der Waals surface area contributed by atoms with Crippen molar-refractivity contribution < 1.29 is 10.2 Å². The molecule has 0 amide bonds. The molecular formula is C14H21ClN2O2. The number of hydrogen-bond donors (Lipinski definition) is 3. The molecule has 2 rings (SSSR count). The minimum atomic E-state index is 0.108. The number of nitrogens with one attached hydrogen (secondary N) is 1. The molecule has 1 heterocycles. The number of rotatable bonds is 6. The molecule has 0 aliphatic carbocycles. The van der Waals surface area contributed by atoms with Gasteiger partial charge in [0.25, 0.3) is 0 Å². The Hall–Kier alpha value is -0.810. The highest BCUT2D eigenvalue weighted by Gasteiger charge is 2.18. The lowest BCUT2D eigenvalue weighted by Crippen LogP contribution is -2.38. The third-order valence-corrected chi connectivity index (χ3v) is 3.78. The molecule has 5 heteroatoms. The Morgan fingerprint density at radius 1 is 1.42 bits per heavy atom. The summed E-state index contributed by atoms with van der Waals surface area (Å²) >= 11 is 5.91. The molecule has 0 saturated carbocycles. The third kappa shape index (κ3) is 4.35. The van der Waals surface area contributed by atoms with Gasteiger partial charge in [0.05, 0.1) is 11.6 Å². The number of aliphatic hydroxyl groups is 1. The van der Waals surface area contributed by atoms with E-state index in [1.807, 2.05) is 6.07 Å². The summed E-state index contributed by atoms with van der Waals surface area (Å²) in [6.45, 7) is 3.55. The number of benzene rings is 1. The zero-order chi connectivity index (χ0) is 13.7.